The van der Waals surface area contributed by atoms with Gasteiger partial charge < -0.3 is 18.9 Å². The third-order valence-electron chi connectivity index (χ3n) is 3.62. The molecule has 4 nitrogen and oxygen atoms in total. The molecule has 0 fully saturated rings. The van der Waals surface area contributed by atoms with Crippen LogP contribution in [-0.4, -0.2) is 27.8 Å². The third kappa shape index (κ3) is 4.49. The van der Waals surface area contributed by atoms with Gasteiger partial charge in [0.05, 0.1) is 0 Å². The van der Waals surface area contributed by atoms with Gasteiger partial charge >= 0.3 is 0 Å². The number of rotatable bonds is 7. The zero-order valence-corrected chi connectivity index (χ0v) is 15.1. The van der Waals surface area contributed by atoms with Crippen molar-refractivity contribution in [3.05, 3.63) is 48.0 Å². The zero-order valence-electron chi connectivity index (χ0n) is 15.1. The minimum Gasteiger partial charge on any atom is -0.464 e. The summed E-state index contributed by atoms with van der Waals surface area (Å²) in [7, 11) is 3.20. The fraction of sp³-hybridized carbons (Fsp3) is 0.400. The first kappa shape index (κ1) is 18.3. The predicted octanol–water partition coefficient (Wildman–Crippen LogP) is 4.62. The predicted molar refractivity (Wildman–Crippen MR) is 95.6 cm³/mol. The smallest absolute Gasteiger partial charge is 0.188 e. The molecule has 0 spiro atoms. The summed E-state index contributed by atoms with van der Waals surface area (Å²) in [4.78, 5) is 0. The normalized spacial score (nSPS) is 11.4. The van der Waals surface area contributed by atoms with E-state index in [0.29, 0.717) is 11.5 Å². The summed E-state index contributed by atoms with van der Waals surface area (Å²) < 4.78 is 21.8. The Morgan fingerprint density at radius 1 is 0.792 bits per heavy atom. The number of hydrogen-bond donors (Lipinski definition) is 0. The molecule has 24 heavy (non-hydrogen) atoms. The van der Waals surface area contributed by atoms with Gasteiger partial charge in [0.25, 0.3) is 0 Å². The van der Waals surface area contributed by atoms with Crippen molar-refractivity contribution in [1.82, 2.24) is 0 Å². The Bertz CT molecular complexity index is 645. The summed E-state index contributed by atoms with van der Waals surface area (Å²) in [6, 6.07) is 14.4. The lowest BCUT2D eigenvalue weighted by Crippen LogP contribution is -2.16. The molecule has 0 aromatic heterocycles. The van der Waals surface area contributed by atoms with Crippen molar-refractivity contribution in [2.24, 2.45) is 0 Å². The number of hydrogen-bond acceptors (Lipinski definition) is 4. The van der Waals surface area contributed by atoms with E-state index in [-0.39, 0.29) is 19.0 Å². The summed E-state index contributed by atoms with van der Waals surface area (Å²) in [5.74, 6) is 1.35. The van der Waals surface area contributed by atoms with E-state index in [9.17, 15) is 0 Å². The van der Waals surface area contributed by atoms with Crippen LogP contribution in [-0.2, 0) is 14.9 Å². The Morgan fingerprint density at radius 2 is 1.42 bits per heavy atom. The molecule has 0 radical (unpaired) electrons. The number of benzene rings is 2. The van der Waals surface area contributed by atoms with E-state index < -0.39 is 0 Å². The molecule has 0 aliphatic carbocycles. The molecule has 0 bridgehead atoms. The van der Waals surface area contributed by atoms with Crippen LogP contribution >= 0.6 is 0 Å². The molecule has 130 valence electrons. The van der Waals surface area contributed by atoms with Crippen molar-refractivity contribution < 1.29 is 18.9 Å². The topological polar surface area (TPSA) is 36.9 Å². The van der Waals surface area contributed by atoms with Crippen LogP contribution in [0.1, 0.15) is 26.3 Å². The molecular formula is C20H26O4. The lowest BCUT2D eigenvalue weighted by Gasteiger charge is -2.25. The second-order valence-corrected chi connectivity index (χ2v) is 6.57. The summed E-state index contributed by atoms with van der Waals surface area (Å²) in [5, 5.41) is 0. The first-order valence-electron chi connectivity index (χ1n) is 7.94. The van der Waals surface area contributed by atoms with E-state index in [1.807, 2.05) is 24.3 Å². The molecule has 0 unspecified atom stereocenters. The van der Waals surface area contributed by atoms with Crippen LogP contribution < -0.4 is 9.47 Å². The first-order chi connectivity index (χ1) is 11.5. The van der Waals surface area contributed by atoms with E-state index >= 15 is 0 Å². The molecule has 0 heterocycles. The van der Waals surface area contributed by atoms with Crippen molar-refractivity contribution in [2.75, 3.05) is 27.8 Å². The Labute approximate surface area is 144 Å². The van der Waals surface area contributed by atoms with Gasteiger partial charge in [-0.25, -0.2) is 0 Å². The Kier molecular flexibility index (Phi) is 6.23. The van der Waals surface area contributed by atoms with Crippen LogP contribution in [0.2, 0.25) is 0 Å². The number of methoxy groups -OCH3 is 2. The summed E-state index contributed by atoms with van der Waals surface area (Å²) in [6.45, 7) is 6.77. The summed E-state index contributed by atoms with van der Waals surface area (Å²) >= 11 is 0. The maximum atomic E-state index is 5.83. The SMILES string of the molecule is COCOc1cc(-c2ccccc2)cc(C(C)(C)C)c1OCOC. The monoisotopic (exact) mass is 330 g/mol. The highest BCUT2D eigenvalue weighted by molar-refractivity contribution is 5.70. The molecule has 0 amide bonds. The van der Waals surface area contributed by atoms with Gasteiger partial charge in [-0.1, -0.05) is 51.1 Å². The van der Waals surface area contributed by atoms with Crippen molar-refractivity contribution in [1.29, 1.82) is 0 Å². The Hall–Kier alpha value is -2.04. The van der Waals surface area contributed by atoms with Crippen LogP contribution in [0.5, 0.6) is 11.5 Å². The van der Waals surface area contributed by atoms with Gasteiger partial charge in [0.2, 0.25) is 0 Å². The van der Waals surface area contributed by atoms with Gasteiger partial charge in [0, 0.05) is 19.8 Å². The van der Waals surface area contributed by atoms with Crippen LogP contribution in [0.25, 0.3) is 11.1 Å². The fourth-order valence-electron chi connectivity index (χ4n) is 2.45. The Balaban J connectivity index is 2.59. The number of ether oxygens (including phenoxy) is 4. The lowest BCUT2D eigenvalue weighted by atomic mass is 9.84. The van der Waals surface area contributed by atoms with Gasteiger partial charge in [-0.05, 0) is 28.7 Å². The molecule has 2 rings (SSSR count). The third-order valence-corrected chi connectivity index (χ3v) is 3.62. The van der Waals surface area contributed by atoms with Crippen LogP contribution in [0.15, 0.2) is 42.5 Å². The highest BCUT2D eigenvalue weighted by Crippen LogP contribution is 2.42. The van der Waals surface area contributed by atoms with Gasteiger partial charge in [0.1, 0.15) is 0 Å². The second kappa shape index (κ2) is 8.18. The fourth-order valence-corrected chi connectivity index (χ4v) is 2.45. The first-order valence-corrected chi connectivity index (χ1v) is 7.94. The van der Waals surface area contributed by atoms with Gasteiger partial charge in [-0.3, -0.25) is 0 Å². The van der Waals surface area contributed by atoms with E-state index in [2.05, 4.69) is 39.0 Å². The molecule has 0 N–H and O–H groups in total. The summed E-state index contributed by atoms with van der Waals surface area (Å²) in [6.07, 6.45) is 0. The Morgan fingerprint density at radius 3 is 2.00 bits per heavy atom. The average Bonchev–Trinajstić information content (AvgIpc) is 2.57. The maximum absolute atomic E-state index is 5.83. The van der Waals surface area contributed by atoms with Gasteiger partial charge in [0.15, 0.2) is 25.1 Å². The molecule has 0 saturated heterocycles. The van der Waals surface area contributed by atoms with Crippen LogP contribution in [0, 0.1) is 0 Å². The summed E-state index contributed by atoms with van der Waals surface area (Å²) in [5.41, 5.74) is 3.16. The molecule has 0 aliphatic heterocycles. The zero-order chi connectivity index (χ0) is 17.6. The minimum atomic E-state index is -0.112. The quantitative estimate of drug-likeness (QED) is 0.694. The molecule has 2 aromatic carbocycles. The van der Waals surface area contributed by atoms with Crippen molar-refractivity contribution >= 4 is 0 Å². The van der Waals surface area contributed by atoms with Crippen LogP contribution in [0.4, 0.5) is 0 Å². The maximum Gasteiger partial charge on any atom is 0.188 e. The van der Waals surface area contributed by atoms with Crippen molar-refractivity contribution in [3.63, 3.8) is 0 Å². The average molecular weight is 330 g/mol. The highest BCUT2D eigenvalue weighted by Gasteiger charge is 2.24. The van der Waals surface area contributed by atoms with Crippen LogP contribution in [0.3, 0.4) is 0 Å². The lowest BCUT2D eigenvalue weighted by molar-refractivity contribution is 0.0312. The van der Waals surface area contributed by atoms with Gasteiger partial charge in [-0.15, -0.1) is 0 Å². The van der Waals surface area contributed by atoms with Gasteiger partial charge in [-0.2, -0.15) is 0 Å². The molecule has 0 atom stereocenters. The molecule has 2 aromatic rings. The highest BCUT2D eigenvalue weighted by atomic mass is 16.7. The van der Waals surface area contributed by atoms with E-state index in [1.165, 1.54) is 0 Å². The standard InChI is InChI=1S/C20H26O4/c1-20(2,3)17-11-16(15-9-7-6-8-10-15)12-18(23-13-21-4)19(17)24-14-22-5/h6-12H,13-14H2,1-5H3. The van der Waals surface area contributed by atoms with Crippen molar-refractivity contribution in [3.8, 4) is 22.6 Å². The molecule has 0 aliphatic rings. The second-order valence-electron chi connectivity index (χ2n) is 6.57. The minimum absolute atomic E-state index is 0.112. The molecule has 4 heteroatoms. The van der Waals surface area contributed by atoms with E-state index in [4.69, 9.17) is 18.9 Å². The van der Waals surface area contributed by atoms with Crippen molar-refractivity contribution in [2.45, 2.75) is 26.2 Å². The van der Waals surface area contributed by atoms with E-state index in [0.717, 1.165) is 16.7 Å². The molecular weight excluding hydrogens is 304 g/mol. The van der Waals surface area contributed by atoms with E-state index in [1.54, 1.807) is 14.2 Å². The largest absolute Gasteiger partial charge is 0.464 e. The molecule has 0 saturated carbocycles.